The van der Waals surface area contributed by atoms with E-state index >= 15 is 0 Å². The molecule has 0 spiro atoms. The van der Waals surface area contributed by atoms with Gasteiger partial charge in [0.05, 0.1) is 11.4 Å². The number of hydrogen-bond donors (Lipinski definition) is 2. The normalized spacial score (nSPS) is 9.73. The minimum absolute atomic E-state index is 0.227. The van der Waals surface area contributed by atoms with Crippen molar-refractivity contribution >= 4 is 17.8 Å². The van der Waals surface area contributed by atoms with E-state index in [-0.39, 0.29) is 6.61 Å². The molecule has 0 heterocycles. The van der Waals surface area contributed by atoms with Crippen LogP contribution in [0.5, 0.6) is 0 Å². The minimum atomic E-state index is 0.227. The molecule has 0 aliphatic rings. The third kappa shape index (κ3) is 2.85. The fourth-order valence-electron chi connectivity index (χ4n) is 1.26. The zero-order chi connectivity index (χ0) is 11.3. The molecular formula is C10H15N3O2. The molecule has 1 aromatic rings. The predicted molar refractivity (Wildman–Crippen MR) is 58.9 cm³/mol. The molecule has 82 valence electrons. The van der Waals surface area contributed by atoms with Crippen LogP contribution in [0, 0.1) is 0 Å². The standard InChI is InChI=1S/C10H15N3O2/c1-2-13(12)10-4-3-8(5-9(10)11)6-15-7-14/h3-5,7H,2,6,11-12H2,1H3. The van der Waals surface area contributed by atoms with Gasteiger partial charge in [-0.2, -0.15) is 0 Å². The first-order valence-electron chi connectivity index (χ1n) is 4.65. The van der Waals surface area contributed by atoms with E-state index in [0.717, 1.165) is 11.3 Å². The van der Waals surface area contributed by atoms with Crippen LogP contribution in [0.2, 0.25) is 0 Å². The number of carbonyl (C=O) groups is 1. The lowest BCUT2D eigenvalue weighted by atomic mass is 10.2. The molecule has 0 unspecified atom stereocenters. The summed E-state index contributed by atoms with van der Waals surface area (Å²) >= 11 is 0. The summed E-state index contributed by atoms with van der Waals surface area (Å²) in [6, 6.07) is 5.38. The van der Waals surface area contributed by atoms with Crippen LogP contribution in [0.4, 0.5) is 11.4 Å². The van der Waals surface area contributed by atoms with Crippen LogP contribution < -0.4 is 16.6 Å². The maximum atomic E-state index is 10.0. The van der Waals surface area contributed by atoms with Gasteiger partial charge in [-0.1, -0.05) is 6.07 Å². The third-order valence-corrected chi connectivity index (χ3v) is 2.06. The van der Waals surface area contributed by atoms with Gasteiger partial charge in [0.2, 0.25) is 0 Å². The first kappa shape index (κ1) is 11.3. The fraction of sp³-hybridized carbons (Fsp3) is 0.300. The van der Waals surface area contributed by atoms with Crippen LogP contribution >= 0.6 is 0 Å². The van der Waals surface area contributed by atoms with Gasteiger partial charge >= 0.3 is 0 Å². The maximum Gasteiger partial charge on any atom is 0.293 e. The second-order valence-corrected chi connectivity index (χ2v) is 3.09. The largest absolute Gasteiger partial charge is 0.463 e. The summed E-state index contributed by atoms with van der Waals surface area (Å²) in [6.07, 6.45) is 0. The minimum Gasteiger partial charge on any atom is -0.463 e. The maximum absolute atomic E-state index is 10.0. The van der Waals surface area contributed by atoms with Gasteiger partial charge in [0.25, 0.3) is 6.47 Å². The van der Waals surface area contributed by atoms with Gasteiger partial charge < -0.3 is 15.5 Å². The fourth-order valence-corrected chi connectivity index (χ4v) is 1.26. The van der Waals surface area contributed by atoms with Gasteiger partial charge in [-0.15, -0.1) is 0 Å². The Hall–Kier alpha value is -1.75. The smallest absolute Gasteiger partial charge is 0.293 e. The third-order valence-electron chi connectivity index (χ3n) is 2.06. The zero-order valence-corrected chi connectivity index (χ0v) is 8.64. The van der Waals surface area contributed by atoms with Gasteiger partial charge in [0.15, 0.2) is 0 Å². The molecule has 0 atom stereocenters. The van der Waals surface area contributed by atoms with E-state index in [4.69, 9.17) is 11.6 Å². The molecule has 0 aliphatic carbocycles. The van der Waals surface area contributed by atoms with Gasteiger partial charge in [-0.25, -0.2) is 5.84 Å². The number of benzene rings is 1. The van der Waals surface area contributed by atoms with Crippen molar-refractivity contribution in [3.63, 3.8) is 0 Å². The van der Waals surface area contributed by atoms with Crippen molar-refractivity contribution in [1.82, 2.24) is 0 Å². The van der Waals surface area contributed by atoms with Crippen molar-refractivity contribution in [1.29, 1.82) is 0 Å². The SMILES string of the molecule is CCN(N)c1ccc(COC=O)cc1N. The van der Waals surface area contributed by atoms with E-state index in [9.17, 15) is 4.79 Å². The number of hydrazine groups is 1. The van der Waals surface area contributed by atoms with Crippen molar-refractivity contribution in [2.24, 2.45) is 5.84 Å². The molecule has 15 heavy (non-hydrogen) atoms. The Labute approximate surface area is 88.6 Å². The average Bonchev–Trinajstić information content (AvgIpc) is 2.25. The molecule has 0 saturated heterocycles. The first-order chi connectivity index (χ1) is 7.19. The first-order valence-corrected chi connectivity index (χ1v) is 4.65. The molecule has 5 nitrogen and oxygen atoms in total. The number of nitrogens with two attached hydrogens (primary N) is 2. The van der Waals surface area contributed by atoms with Crippen LogP contribution in [-0.4, -0.2) is 13.0 Å². The summed E-state index contributed by atoms with van der Waals surface area (Å²) in [7, 11) is 0. The van der Waals surface area contributed by atoms with Crippen molar-refractivity contribution in [2.75, 3.05) is 17.3 Å². The molecule has 0 saturated carbocycles. The van der Waals surface area contributed by atoms with Gasteiger partial charge in [0, 0.05) is 6.54 Å². The van der Waals surface area contributed by atoms with Crippen molar-refractivity contribution in [3.05, 3.63) is 23.8 Å². The number of nitrogens with zero attached hydrogens (tertiary/aromatic N) is 1. The van der Waals surface area contributed by atoms with Crippen molar-refractivity contribution in [2.45, 2.75) is 13.5 Å². The van der Waals surface area contributed by atoms with E-state index in [1.807, 2.05) is 19.1 Å². The molecule has 0 amide bonds. The Morgan fingerprint density at radius 2 is 2.27 bits per heavy atom. The molecule has 4 N–H and O–H groups in total. The molecule has 0 fully saturated rings. The van der Waals surface area contributed by atoms with E-state index in [1.54, 1.807) is 11.1 Å². The number of anilines is 2. The van der Waals surface area contributed by atoms with Crippen LogP contribution in [0.15, 0.2) is 18.2 Å². The summed E-state index contributed by atoms with van der Waals surface area (Å²) in [5.74, 6) is 5.71. The highest BCUT2D eigenvalue weighted by Crippen LogP contribution is 2.22. The predicted octanol–water partition coefficient (Wildman–Crippen LogP) is 0.642. The molecule has 1 aromatic carbocycles. The van der Waals surface area contributed by atoms with Gasteiger partial charge in [-0.3, -0.25) is 4.79 Å². The van der Waals surface area contributed by atoms with Crippen LogP contribution in [0.1, 0.15) is 12.5 Å². The summed E-state index contributed by atoms with van der Waals surface area (Å²) < 4.78 is 4.62. The topological polar surface area (TPSA) is 81.6 Å². The number of hydrogen-bond acceptors (Lipinski definition) is 5. The van der Waals surface area contributed by atoms with E-state index in [1.165, 1.54) is 0 Å². The monoisotopic (exact) mass is 209 g/mol. The molecular weight excluding hydrogens is 194 g/mol. The van der Waals surface area contributed by atoms with Crippen LogP contribution in [0.3, 0.4) is 0 Å². The number of rotatable bonds is 5. The Bertz CT molecular complexity index is 341. The van der Waals surface area contributed by atoms with E-state index < -0.39 is 0 Å². The van der Waals surface area contributed by atoms with Gasteiger partial charge in [0.1, 0.15) is 6.61 Å². The Morgan fingerprint density at radius 1 is 1.53 bits per heavy atom. The summed E-state index contributed by atoms with van der Waals surface area (Å²) in [4.78, 5) is 10.0. The number of carbonyl (C=O) groups excluding carboxylic acids is 1. The van der Waals surface area contributed by atoms with Crippen molar-refractivity contribution < 1.29 is 9.53 Å². The Kier molecular flexibility index (Phi) is 3.93. The number of nitrogen functional groups attached to an aromatic ring is 1. The zero-order valence-electron chi connectivity index (χ0n) is 8.64. The van der Waals surface area contributed by atoms with Crippen molar-refractivity contribution in [3.8, 4) is 0 Å². The highest BCUT2D eigenvalue weighted by atomic mass is 16.5. The highest BCUT2D eigenvalue weighted by Gasteiger charge is 2.04. The summed E-state index contributed by atoms with van der Waals surface area (Å²) in [6.45, 7) is 3.24. The van der Waals surface area contributed by atoms with Crippen LogP contribution in [0.25, 0.3) is 0 Å². The lowest BCUT2D eigenvalue weighted by molar-refractivity contribution is -0.129. The van der Waals surface area contributed by atoms with E-state index in [2.05, 4.69) is 4.74 Å². The molecule has 5 heteroatoms. The average molecular weight is 209 g/mol. The molecule has 1 rings (SSSR count). The Morgan fingerprint density at radius 3 is 2.80 bits per heavy atom. The second-order valence-electron chi connectivity index (χ2n) is 3.09. The Balaban J connectivity index is 2.82. The molecule has 0 bridgehead atoms. The van der Waals surface area contributed by atoms with E-state index in [0.29, 0.717) is 18.7 Å². The number of ether oxygens (including phenoxy) is 1. The lowest BCUT2D eigenvalue weighted by Gasteiger charge is -2.18. The molecule has 0 aliphatic heterocycles. The van der Waals surface area contributed by atoms with Gasteiger partial charge in [-0.05, 0) is 24.6 Å². The lowest BCUT2D eigenvalue weighted by Crippen LogP contribution is -2.30. The quantitative estimate of drug-likeness (QED) is 0.322. The van der Waals surface area contributed by atoms with Crippen LogP contribution in [-0.2, 0) is 16.1 Å². The second kappa shape index (κ2) is 5.21. The summed E-state index contributed by atoms with van der Waals surface area (Å²) in [5.41, 5.74) is 7.99. The summed E-state index contributed by atoms with van der Waals surface area (Å²) in [5, 5.41) is 1.56. The highest BCUT2D eigenvalue weighted by molar-refractivity contribution is 5.67. The molecule has 0 radical (unpaired) electrons. The molecule has 0 aromatic heterocycles.